The molecular formula is C32H42ClNO6. The number of halogens is 1. The van der Waals surface area contributed by atoms with Crippen molar-refractivity contribution in [2.75, 3.05) is 0 Å². The third kappa shape index (κ3) is 4.53. The fraction of sp³-hybridized carbons (Fsp3) is 0.656. The molecule has 2 heterocycles. The van der Waals surface area contributed by atoms with Crippen LogP contribution in [-0.2, 0) is 14.3 Å². The fourth-order valence-electron chi connectivity index (χ4n) is 8.60. The molecule has 4 aliphatic rings. The highest BCUT2D eigenvalue weighted by atomic mass is 35.5. The van der Waals surface area contributed by atoms with Gasteiger partial charge >= 0.3 is 11.9 Å². The van der Waals surface area contributed by atoms with Crippen LogP contribution in [0.25, 0.3) is 0 Å². The molecule has 218 valence electrons. The molecule has 5 rings (SSSR count). The molecule has 1 aliphatic heterocycles. The van der Waals surface area contributed by atoms with Crippen molar-refractivity contribution in [3.05, 3.63) is 52.3 Å². The highest BCUT2D eigenvalue weighted by Gasteiger charge is 2.62. The number of aromatic nitrogens is 1. The van der Waals surface area contributed by atoms with Gasteiger partial charge in [0, 0.05) is 17.5 Å². The number of aliphatic hydroxyl groups is 2. The summed E-state index contributed by atoms with van der Waals surface area (Å²) >= 11 is 6.30. The normalized spacial score (nSPS) is 42.5. The summed E-state index contributed by atoms with van der Waals surface area (Å²) in [6.45, 7) is 16.7. The standard InChI is InChI=1S/C32H42ClNO6/c1-15(2)26-24-12-21-18(5)32(38)23(19(6)39-30(37)27(32)35)11-8-16(3)22(21)13-31(24,7)14-25(26)40-29(36)20-10-9-17(4)34-28(20)33/h8-10,15,19,21-27,35,38H,5,11-14H2,1-4,6-7H3/b16-8-. The van der Waals surface area contributed by atoms with Crippen LogP contribution in [0.15, 0.2) is 35.9 Å². The molecule has 40 heavy (non-hydrogen) atoms. The second-order valence-corrected chi connectivity index (χ2v) is 13.7. The lowest BCUT2D eigenvalue weighted by atomic mass is 9.53. The van der Waals surface area contributed by atoms with Gasteiger partial charge in [-0.1, -0.05) is 50.6 Å². The number of hydrogen-bond acceptors (Lipinski definition) is 7. The van der Waals surface area contributed by atoms with Crippen molar-refractivity contribution in [1.29, 1.82) is 0 Å². The molecule has 0 amide bonds. The summed E-state index contributed by atoms with van der Waals surface area (Å²) in [5, 5.41) is 23.2. The Hall–Kier alpha value is -2.22. The van der Waals surface area contributed by atoms with Gasteiger partial charge in [0.2, 0.25) is 0 Å². The number of fused-ring (bicyclic) bond motifs is 3. The number of nitrogens with zero attached hydrogens (tertiary/aromatic N) is 1. The zero-order chi connectivity index (χ0) is 29.3. The van der Waals surface area contributed by atoms with E-state index < -0.39 is 35.7 Å². The van der Waals surface area contributed by atoms with E-state index >= 15 is 0 Å². The molecule has 10 unspecified atom stereocenters. The van der Waals surface area contributed by atoms with E-state index in [0.717, 1.165) is 25.0 Å². The fourth-order valence-corrected chi connectivity index (χ4v) is 8.88. The van der Waals surface area contributed by atoms with Crippen molar-refractivity contribution in [2.45, 2.75) is 91.1 Å². The maximum Gasteiger partial charge on any atom is 0.341 e. The molecule has 3 aliphatic carbocycles. The molecule has 0 radical (unpaired) electrons. The third-order valence-electron chi connectivity index (χ3n) is 10.7. The predicted molar refractivity (Wildman–Crippen MR) is 151 cm³/mol. The van der Waals surface area contributed by atoms with Gasteiger partial charge in [0.15, 0.2) is 6.10 Å². The number of ether oxygens (including phenoxy) is 2. The van der Waals surface area contributed by atoms with E-state index in [-0.39, 0.29) is 51.8 Å². The zero-order valence-electron chi connectivity index (χ0n) is 24.3. The second-order valence-electron chi connectivity index (χ2n) is 13.4. The van der Waals surface area contributed by atoms with Gasteiger partial charge in [-0.3, -0.25) is 0 Å². The molecule has 8 heteroatoms. The molecule has 2 N–H and O–H groups in total. The van der Waals surface area contributed by atoms with Crippen molar-refractivity contribution in [1.82, 2.24) is 4.98 Å². The average molecular weight is 572 g/mol. The number of carbonyl (C=O) groups is 2. The average Bonchev–Trinajstić information content (AvgIpc) is 3.15. The highest BCUT2D eigenvalue weighted by molar-refractivity contribution is 6.32. The summed E-state index contributed by atoms with van der Waals surface area (Å²) in [6, 6.07) is 3.42. The van der Waals surface area contributed by atoms with Crippen LogP contribution in [0, 0.1) is 47.8 Å². The molecule has 0 bridgehead atoms. The van der Waals surface area contributed by atoms with Gasteiger partial charge in [-0.25, -0.2) is 14.6 Å². The summed E-state index contributed by atoms with van der Waals surface area (Å²) in [4.78, 5) is 30.1. The second kappa shape index (κ2) is 10.2. The molecule has 10 atom stereocenters. The summed E-state index contributed by atoms with van der Waals surface area (Å²) in [5.41, 5.74) is 0.872. The summed E-state index contributed by atoms with van der Waals surface area (Å²) < 4.78 is 11.6. The Kier molecular flexibility index (Phi) is 7.50. The number of carbonyl (C=O) groups excluding carboxylic acids is 2. The van der Waals surface area contributed by atoms with Crippen LogP contribution < -0.4 is 0 Å². The Balaban J connectivity index is 1.49. The molecule has 1 aromatic rings. The van der Waals surface area contributed by atoms with Crippen molar-refractivity contribution in [2.24, 2.45) is 40.9 Å². The van der Waals surface area contributed by atoms with E-state index in [1.807, 2.05) is 6.92 Å². The number of rotatable bonds is 3. The molecule has 1 saturated heterocycles. The quantitative estimate of drug-likeness (QED) is 0.282. The Morgan fingerprint density at radius 3 is 2.58 bits per heavy atom. The summed E-state index contributed by atoms with van der Waals surface area (Å²) in [5.74, 6) is -1.28. The van der Waals surface area contributed by atoms with Gasteiger partial charge < -0.3 is 19.7 Å². The van der Waals surface area contributed by atoms with E-state index in [9.17, 15) is 19.8 Å². The van der Waals surface area contributed by atoms with Crippen molar-refractivity contribution in [3.8, 4) is 0 Å². The number of pyridine rings is 1. The van der Waals surface area contributed by atoms with Crippen LogP contribution in [0.4, 0.5) is 0 Å². The minimum absolute atomic E-state index is 0.0835. The van der Waals surface area contributed by atoms with Crippen molar-refractivity contribution >= 4 is 23.5 Å². The molecule has 0 aromatic carbocycles. The zero-order valence-corrected chi connectivity index (χ0v) is 25.1. The molecule has 7 nitrogen and oxygen atoms in total. The van der Waals surface area contributed by atoms with Crippen LogP contribution in [-0.4, -0.2) is 51.0 Å². The number of aliphatic hydroxyl groups excluding tert-OH is 1. The van der Waals surface area contributed by atoms with Crippen LogP contribution in [0.2, 0.25) is 5.15 Å². The maximum atomic E-state index is 13.3. The first-order valence-corrected chi connectivity index (χ1v) is 14.9. The molecule has 1 aromatic heterocycles. The topological polar surface area (TPSA) is 106 Å². The first kappa shape index (κ1) is 29.3. The highest BCUT2D eigenvalue weighted by Crippen LogP contribution is 2.63. The monoisotopic (exact) mass is 571 g/mol. The van der Waals surface area contributed by atoms with E-state index in [1.165, 1.54) is 5.57 Å². The SMILES string of the molecule is C=C1C2CC3C(C(C)C)C(OC(=O)c4ccc(C)nc4Cl)CC3(C)CC2/C(C)=C\CC2C(C)OC(=O)C(O)C12O. The number of hydrogen-bond donors (Lipinski definition) is 2. The first-order valence-electron chi connectivity index (χ1n) is 14.5. The minimum Gasteiger partial charge on any atom is -0.460 e. The van der Waals surface area contributed by atoms with E-state index in [1.54, 1.807) is 19.1 Å². The number of allylic oxidation sites excluding steroid dienone is 2. The number of cyclic esters (lactones) is 1. The Labute approximate surface area is 242 Å². The van der Waals surface area contributed by atoms with Gasteiger partial charge in [0.05, 0.1) is 5.56 Å². The van der Waals surface area contributed by atoms with E-state index in [4.69, 9.17) is 21.1 Å². The van der Waals surface area contributed by atoms with Gasteiger partial charge in [-0.05, 0) is 93.2 Å². The molecule has 2 saturated carbocycles. The van der Waals surface area contributed by atoms with Crippen LogP contribution in [0.3, 0.4) is 0 Å². The predicted octanol–water partition coefficient (Wildman–Crippen LogP) is 5.45. The Bertz CT molecular complexity index is 1260. The minimum atomic E-state index is -1.77. The third-order valence-corrected chi connectivity index (χ3v) is 11.0. The Morgan fingerprint density at radius 2 is 1.93 bits per heavy atom. The first-order chi connectivity index (χ1) is 18.7. The maximum absolute atomic E-state index is 13.3. The smallest absolute Gasteiger partial charge is 0.341 e. The lowest BCUT2D eigenvalue weighted by Gasteiger charge is -2.54. The van der Waals surface area contributed by atoms with Crippen LogP contribution >= 0.6 is 11.6 Å². The van der Waals surface area contributed by atoms with Gasteiger partial charge in [0.25, 0.3) is 0 Å². The van der Waals surface area contributed by atoms with E-state index in [2.05, 4.69) is 45.3 Å². The van der Waals surface area contributed by atoms with Crippen LogP contribution in [0.1, 0.15) is 76.4 Å². The summed E-state index contributed by atoms with van der Waals surface area (Å²) in [7, 11) is 0. The van der Waals surface area contributed by atoms with Gasteiger partial charge in [0.1, 0.15) is 23.0 Å². The number of aryl methyl sites for hydroxylation is 1. The van der Waals surface area contributed by atoms with Gasteiger partial charge in [-0.15, -0.1) is 0 Å². The lowest BCUT2D eigenvalue weighted by Crippen LogP contribution is -2.63. The molecule has 0 spiro atoms. The number of esters is 2. The summed E-state index contributed by atoms with van der Waals surface area (Å²) in [6.07, 6.45) is 2.39. The van der Waals surface area contributed by atoms with Crippen molar-refractivity contribution in [3.63, 3.8) is 0 Å². The lowest BCUT2D eigenvalue weighted by molar-refractivity contribution is -0.209. The van der Waals surface area contributed by atoms with E-state index in [0.29, 0.717) is 12.0 Å². The largest absolute Gasteiger partial charge is 0.460 e. The van der Waals surface area contributed by atoms with Crippen molar-refractivity contribution < 1.29 is 29.3 Å². The Morgan fingerprint density at radius 1 is 1.23 bits per heavy atom. The van der Waals surface area contributed by atoms with Gasteiger partial charge in [-0.2, -0.15) is 0 Å². The van der Waals surface area contributed by atoms with Crippen LogP contribution in [0.5, 0.6) is 0 Å². The molecular weight excluding hydrogens is 530 g/mol. The molecule has 3 fully saturated rings.